The van der Waals surface area contributed by atoms with Crippen molar-refractivity contribution in [1.29, 1.82) is 0 Å². The fraction of sp³-hybridized carbons (Fsp3) is 0.435. The number of aliphatic imine (C=N–C) groups is 1. The van der Waals surface area contributed by atoms with Crippen LogP contribution in [0.15, 0.2) is 41.4 Å². The van der Waals surface area contributed by atoms with Crippen LogP contribution in [-0.4, -0.2) is 51.8 Å². The molecule has 154 valence electrons. The summed E-state index contributed by atoms with van der Waals surface area (Å²) in [6.45, 7) is 2.07. The first-order chi connectivity index (χ1) is 14.2. The van der Waals surface area contributed by atoms with Gasteiger partial charge >= 0.3 is 0 Å². The van der Waals surface area contributed by atoms with E-state index in [0.717, 1.165) is 36.7 Å². The summed E-state index contributed by atoms with van der Waals surface area (Å²) in [5.74, 6) is 2.60. The van der Waals surface area contributed by atoms with E-state index >= 15 is 0 Å². The van der Waals surface area contributed by atoms with Crippen LogP contribution >= 0.6 is 0 Å². The molecule has 0 aromatic heterocycles. The molecule has 1 fully saturated rings. The van der Waals surface area contributed by atoms with Crippen LogP contribution in [0, 0.1) is 5.92 Å². The Balaban J connectivity index is 1.44. The van der Waals surface area contributed by atoms with Gasteiger partial charge in [-0.25, -0.2) is 0 Å². The monoisotopic (exact) mass is 395 g/mol. The average Bonchev–Trinajstić information content (AvgIpc) is 2.78. The molecule has 0 radical (unpaired) electrons. The molecular weight excluding hydrogens is 366 g/mol. The molecule has 4 rings (SSSR count). The minimum absolute atomic E-state index is 0.0667. The van der Waals surface area contributed by atoms with Gasteiger partial charge in [-0.15, -0.1) is 0 Å². The maximum absolute atomic E-state index is 5.58. The highest BCUT2D eigenvalue weighted by Gasteiger charge is 2.29. The SMILES string of the molecule is COc1cc2c(c(OC)c1OC)C=NC(N1CCC(Cc3ccccc3)CC1)N2. The van der Waals surface area contributed by atoms with Crippen molar-refractivity contribution in [3.05, 3.63) is 47.5 Å². The number of piperidine rings is 1. The van der Waals surface area contributed by atoms with E-state index in [1.165, 1.54) is 18.4 Å². The standard InChI is InChI=1S/C23H29N3O3/c1-27-20-14-19-18(21(28-2)22(20)29-3)15-24-23(25-19)26-11-9-17(10-12-26)13-16-7-5-4-6-8-16/h4-8,14-15,17,23,25H,9-13H2,1-3H3. The molecule has 29 heavy (non-hydrogen) atoms. The summed E-state index contributed by atoms with van der Waals surface area (Å²) in [5.41, 5.74) is 3.27. The number of fused-ring (bicyclic) bond motifs is 1. The number of anilines is 1. The highest BCUT2D eigenvalue weighted by atomic mass is 16.5. The second-order valence-corrected chi connectivity index (χ2v) is 7.57. The lowest BCUT2D eigenvalue weighted by Crippen LogP contribution is -2.45. The number of nitrogens with zero attached hydrogens (tertiary/aromatic N) is 2. The largest absolute Gasteiger partial charge is 0.493 e. The van der Waals surface area contributed by atoms with Gasteiger partial charge in [-0.2, -0.15) is 0 Å². The van der Waals surface area contributed by atoms with Crippen molar-refractivity contribution >= 4 is 11.9 Å². The molecule has 1 unspecified atom stereocenters. The van der Waals surface area contributed by atoms with Gasteiger partial charge < -0.3 is 19.5 Å². The summed E-state index contributed by atoms with van der Waals surface area (Å²) < 4.78 is 16.5. The maximum Gasteiger partial charge on any atom is 0.204 e. The molecule has 2 aromatic carbocycles. The van der Waals surface area contributed by atoms with Gasteiger partial charge in [0.2, 0.25) is 5.75 Å². The molecular formula is C23H29N3O3. The zero-order chi connectivity index (χ0) is 20.2. The zero-order valence-corrected chi connectivity index (χ0v) is 17.4. The van der Waals surface area contributed by atoms with Crippen LogP contribution < -0.4 is 19.5 Å². The second-order valence-electron chi connectivity index (χ2n) is 7.57. The van der Waals surface area contributed by atoms with Crippen LogP contribution in [0.2, 0.25) is 0 Å². The van der Waals surface area contributed by atoms with Gasteiger partial charge in [-0.3, -0.25) is 9.89 Å². The molecule has 6 nitrogen and oxygen atoms in total. The van der Waals surface area contributed by atoms with Crippen molar-refractivity contribution in [2.75, 3.05) is 39.7 Å². The van der Waals surface area contributed by atoms with Crippen molar-refractivity contribution in [2.24, 2.45) is 10.9 Å². The second kappa shape index (κ2) is 8.74. The predicted octanol–water partition coefficient (Wildman–Crippen LogP) is 3.80. The van der Waals surface area contributed by atoms with E-state index < -0.39 is 0 Å². The topological polar surface area (TPSA) is 55.3 Å². The summed E-state index contributed by atoms with van der Waals surface area (Å²) in [5, 5.41) is 3.54. The Hall–Kier alpha value is -2.73. The van der Waals surface area contributed by atoms with E-state index in [2.05, 4.69) is 40.5 Å². The van der Waals surface area contributed by atoms with Crippen LogP contribution in [0.5, 0.6) is 17.2 Å². The third-order valence-corrected chi connectivity index (χ3v) is 5.86. The van der Waals surface area contributed by atoms with E-state index in [1.807, 2.05) is 12.3 Å². The van der Waals surface area contributed by atoms with Crippen LogP contribution in [0.3, 0.4) is 0 Å². The first-order valence-corrected chi connectivity index (χ1v) is 10.1. The average molecular weight is 396 g/mol. The molecule has 2 aliphatic heterocycles. The molecule has 6 heteroatoms. The van der Waals surface area contributed by atoms with Crippen molar-refractivity contribution in [3.63, 3.8) is 0 Å². The number of rotatable bonds is 6. The van der Waals surface area contributed by atoms with Crippen LogP contribution in [0.25, 0.3) is 0 Å². The Labute approximate surface area is 172 Å². The third kappa shape index (κ3) is 4.03. The first-order valence-electron chi connectivity index (χ1n) is 10.1. The quantitative estimate of drug-likeness (QED) is 0.806. The van der Waals surface area contributed by atoms with Gasteiger partial charge in [0.1, 0.15) is 0 Å². The minimum atomic E-state index is -0.0667. The van der Waals surface area contributed by atoms with Gasteiger partial charge in [0, 0.05) is 25.4 Å². The van der Waals surface area contributed by atoms with E-state index in [9.17, 15) is 0 Å². The van der Waals surface area contributed by atoms with Crippen LogP contribution in [0.1, 0.15) is 24.0 Å². The van der Waals surface area contributed by atoms with Gasteiger partial charge in [0.05, 0.1) is 32.6 Å². The van der Waals surface area contributed by atoms with E-state index in [-0.39, 0.29) is 6.29 Å². The number of benzene rings is 2. The highest BCUT2D eigenvalue weighted by Crippen LogP contribution is 2.44. The van der Waals surface area contributed by atoms with E-state index in [0.29, 0.717) is 17.2 Å². The molecule has 0 spiro atoms. The van der Waals surface area contributed by atoms with Crippen LogP contribution in [-0.2, 0) is 6.42 Å². The smallest absolute Gasteiger partial charge is 0.204 e. The van der Waals surface area contributed by atoms with E-state index in [1.54, 1.807) is 21.3 Å². The zero-order valence-electron chi connectivity index (χ0n) is 17.4. The highest BCUT2D eigenvalue weighted by molar-refractivity contribution is 5.95. The number of methoxy groups -OCH3 is 3. The van der Waals surface area contributed by atoms with E-state index in [4.69, 9.17) is 19.2 Å². The Morgan fingerprint density at radius 1 is 1.00 bits per heavy atom. The van der Waals surface area contributed by atoms with Gasteiger partial charge in [-0.1, -0.05) is 30.3 Å². The summed E-state index contributed by atoms with van der Waals surface area (Å²) in [7, 11) is 4.88. The van der Waals surface area contributed by atoms with Crippen molar-refractivity contribution < 1.29 is 14.2 Å². The molecule has 1 N–H and O–H groups in total. The molecule has 1 saturated heterocycles. The van der Waals surface area contributed by atoms with Crippen molar-refractivity contribution in [1.82, 2.24) is 4.90 Å². The summed E-state index contributed by atoms with van der Waals surface area (Å²) >= 11 is 0. The summed E-state index contributed by atoms with van der Waals surface area (Å²) in [4.78, 5) is 7.16. The van der Waals surface area contributed by atoms with Crippen LogP contribution in [0.4, 0.5) is 5.69 Å². The molecule has 0 amide bonds. The Morgan fingerprint density at radius 3 is 2.38 bits per heavy atom. The number of ether oxygens (including phenoxy) is 3. The van der Waals surface area contributed by atoms with Gasteiger partial charge in [0.25, 0.3) is 0 Å². The number of hydrogen-bond donors (Lipinski definition) is 1. The number of hydrogen-bond acceptors (Lipinski definition) is 6. The number of likely N-dealkylation sites (tertiary alicyclic amines) is 1. The van der Waals surface area contributed by atoms with Gasteiger partial charge in [-0.05, 0) is 30.7 Å². The Morgan fingerprint density at radius 2 is 1.72 bits per heavy atom. The lowest BCUT2D eigenvalue weighted by molar-refractivity contribution is 0.148. The maximum atomic E-state index is 5.58. The predicted molar refractivity (Wildman–Crippen MR) is 116 cm³/mol. The third-order valence-electron chi connectivity index (χ3n) is 5.86. The normalized spacial score (nSPS) is 19.3. The molecule has 2 heterocycles. The molecule has 0 aliphatic carbocycles. The molecule has 1 atom stereocenters. The van der Waals surface area contributed by atoms with Gasteiger partial charge in [0.15, 0.2) is 17.8 Å². The fourth-order valence-corrected chi connectivity index (χ4v) is 4.28. The molecule has 0 bridgehead atoms. The lowest BCUT2D eigenvalue weighted by Gasteiger charge is -2.38. The summed E-state index contributed by atoms with van der Waals surface area (Å²) in [6, 6.07) is 12.7. The molecule has 2 aliphatic rings. The Bertz CT molecular complexity index is 861. The first kappa shape index (κ1) is 19.6. The molecule has 2 aromatic rings. The van der Waals surface area contributed by atoms with Crippen molar-refractivity contribution in [2.45, 2.75) is 25.6 Å². The fourth-order valence-electron chi connectivity index (χ4n) is 4.28. The van der Waals surface area contributed by atoms with Crippen molar-refractivity contribution in [3.8, 4) is 17.2 Å². The lowest BCUT2D eigenvalue weighted by atomic mass is 9.90. The Kier molecular flexibility index (Phi) is 5.90. The summed E-state index contributed by atoms with van der Waals surface area (Å²) in [6.07, 6.45) is 5.35. The number of nitrogens with one attached hydrogen (secondary N) is 1. The molecule has 0 saturated carbocycles. The minimum Gasteiger partial charge on any atom is -0.493 e.